The molecule has 0 aromatic carbocycles. The number of aromatic nitrogens is 3. The fourth-order valence-electron chi connectivity index (χ4n) is 1.88. The summed E-state index contributed by atoms with van der Waals surface area (Å²) in [6.07, 6.45) is 4.82. The molecule has 1 N–H and O–H groups in total. The molecule has 0 radical (unpaired) electrons. The Morgan fingerprint density at radius 1 is 1.27 bits per heavy atom. The lowest BCUT2D eigenvalue weighted by atomic mass is 10.3. The first-order chi connectivity index (χ1) is 10.7. The molecule has 1 amide bonds. The van der Waals surface area contributed by atoms with Gasteiger partial charge in [0.2, 0.25) is 0 Å². The van der Waals surface area contributed by atoms with E-state index in [4.69, 9.17) is 0 Å². The van der Waals surface area contributed by atoms with Crippen LogP contribution in [0.4, 0.5) is 5.69 Å². The van der Waals surface area contributed by atoms with Crippen LogP contribution in [-0.2, 0) is 0 Å². The summed E-state index contributed by atoms with van der Waals surface area (Å²) in [4.78, 5) is 26.3. The normalized spacial score (nSPS) is 10.4. The molecule has 3 rings (SSSR count). The smallest absolute Gasteiger partial charge is 0.277 e. The average Bonchev–Trinajstić information content (AvgIpc) is 3.04. The highest BCUT2D eigenvalue weighted by molar-refractivity contribution is 7.13. The molecule has 0 spiro atoms. The first-order valence-electron chi connectivity index (χ1n) is 6.45. The summed E-state index contributed by atoms with van der Waals surface area (Å²) < 4.78 is 0. The number of hydrogen-bond donors (Lipinski definition) is 1. The van der Waals surface area contributed by atoms with E-state index < -0.39 is 0 Å². The predicted molar refractivity (Wildman–Crippen MR) is 84.0 cm³/mol. The summed E-state index contributed by atoms with van der Waals surface area (Å²) in [5.74, 6) is -0.206. The highest BCUT2D eigenvalue weighted by Crippen LogP contribution is 2.29. The van der Waals surface area contributed by atoms with Crippen LogP contribution in [-0.4, -0.2) is 33.0 Å². The maximum atomic E-state index is 12.4. The number of thiazole rings is 1. The number of rotatable bonds is 3. The summed E-state index contributed by atoms with van der Waals surface area (Å²) in [6.45, 7) is 0. The van der Waals surface area contributed by atoms with E-state index in [-0.39, 0.29) is 11.7 Å². The van der Waals surface area contributed by atoms with Gasteiger partial charge in [-0.05, 0) is 24.3 Å². The molecule has 0 saturated heterocycles. The number of nitrogens with zero attached hydrogens (tertiary/aromatic N) is 4. The summed E-state index contributed by atoms with van der Waals surface area (Å²) >= 11 is 1.26. The molecule has 7 heteroatoms. The minimum atomic E-state index is -0.245. The zero-order valence-corrected chi connectivity index (χ0v) is 12.5. The van der Waals surface area contributed by atoms with Gasteiger partial charge in [0.25, 0.3) is 5.91 Å². The van der Waals surface area contributed by atoms with Crippen molar-refractivity contribution in [3.63, 3.8) is 0 Å². The van der Waals surface area contributed by atoms with Crippen molar-refractivity contribution in [2.45, 2.75) is 0 Å². The highest BCUT2D eigenvalue weighted by atomic mass is 32.1. The van der Waals surface area contributed by atoms with Crippen molar-refractivity contribution in [3.05, 3.63) is 53.9 Å². The highest BCUT2D eigenvalue weighted by Gasteiger charge is 2.18. The molecule has 0 aliphatic heterocycles. The zero-order valence-electron chi connectivity index (χ0n) is 11.7. The van der Waals surface area contributed by atoms with Crippen molar-refractivity contribution in [1.82, 2.24) is 15.0 Å². The van der Waals surface area contributed by atoms with Crippen LogP contribution in [0.2, 0.25) is 0 Å². The van der Waals surface area contributed by atoms with Crippen molar-refractivity contribution < 1.29 is 9.90 Å². The van der Waals surface area contributed by atoms with E-state index in [2.05, 4.69) is 15.0 Å². The number of carbonyl (C=O) groups is 1. The number of anilines is 1. The van der Waals surface area contributed by atoms with Gasteiger partial charge in [-0.15, -0.1) is 11.3 Å². The van der Waals surface area contributed by atoms with Crippen LogP contribution in [0.15, 0.2) is 48.2 Å². The van der Waals surface area contributed by atoms with Crippen molar-refractivity contribution >= 4 is 22.9 Å². The lowest BCUT2D eigenvalue weighted by Crippen LogP contribution is -2.26. The van der Waals surface area contributed by atoms with Crippen molar-refractivity contribution in [2.75, 3.05) is 11.9 Å². The third-order valence-electron chi connectivity index (χ3n) is 3.05. The molecule has 3 aromatic heterocycles. The van der Waals surface area contributed by atoms with Gasteiger partial charge in [-0.2, -0.15) is 0 Å². The molecule has 0 bridgehead atoms. The van der Waals surface area contributed by atoms with E-state index in [9.17, 15) is 9.90 Å². The quantitative estimate of drug-likeness (QED) is 0.804. The molecule has 6 nitrogen and oxygen atoms in total. The van der Waals surface area contributed by atoms with Gasteiger partial charge < -0.3 is 10.0 Å². The van der Waals surface area contributed by atoms with Crippen LogP contribution < -0.4 is 4.90 Å². The van der Waals surface area contributed by atoms with Crippen LogP contribution in [0.5, 0.6) is 5.75 Å². The molecule has 0 unspecified atom stereocenters. The second-order valence-corrected chi connectivity index (χ2v) is 5.34. The number of aromatic hydroxyl groups is 1. The van der Waals surface area contributed by atoms with Crippen LogP contribution >= 0.6 is 11.3 Å². The predicted octanol–water partition coefficient (Wildman–Crippen LogP) is 2.58. The third kappa shape index (κ3) is 2.66. The van der Waals surface area contributed by atoms with Gasteiger partial charge in [-0.1, -0.05) is 0 Å². The van der Waals surface area contributed by atoms with Crippen LogP contribution in [0, 0.1) is 0 Å². The van der Waals surface area contributed by atoms with Gasteiger partial charge in [-0.25, -0.2) is 9.97 Å². The van der Waals surface area contributed by atoms with E-state index in [1.807, 2.05) is 0 Å². The molecule has 22 heavy (non-hydrogen) atoms. The van der Waals surface area contributed by atoms with Crippen LogP contribution in [0.25, 0.3) is 10.7 Å². The Labute approximate surface area is 130 Å². The summed E-state index contributed by atoms with van der Waals surface area (Å²) in [5, 5.41) is 12.0. The van der Waals surface area contributed by atoms with Gasteiger partial charge in [-0.3, -0.25) is 9.78 Å². The number of hydrogen-bond acceptors (Lipinski definition) is 6. The second kappa shape index (κ2) is 5.90. The Balaban J connectivity index is 1.88. The largest absolute Gasteiger partial charge is 0.506 e. The fourth-order valence-corrected chi connectivity index (χ4v) is 2.68. The topological polar surface area (TPSA) is 79.2 Å². The van der Waals surface area contributed by atoms with E-state index in [1.54, 1.807) is 49.2 Å². The first-order valence-corrected chi connectivity index (χ1v) is 7.33. The summed E-state index contributed by atoms with van der Waals surface area (Å²) in [6, 6.07) is 6.72. The third-order valence-corrected chi connectivity index (χ3v) is 3.90. The van der Waals surface area contributed by atoms with E-state index in [1.165, 1.54) is 22.3 Å². The van der Waals surface area contributed by atoms with Gasteiger partial charge in [0.15, 0.2) is 0 Å². The number of amides is 1. The molecular weight excluding hydrogens is 300 g/mol. The Hall–Kier alpha value is -2.80. The SMILES string of the molecule is CN(C(=O)c1csc(-c2ncccc2O)n1)c1cccnc1. The molecule has 0 fully saturated rings. The molecule has 0 aliphatic carbocycles. The Morgan fingerprint density at radius 2 is 2.09 bits per heavy atom. The van der Waals surface area contributed by atoms with Gasteiger partial charge in [0, 0.05) is 24.8 Å². The Morgan fingerprint density at radius 3 is 2.82 bits per heavy atom. The van der Waals surface area contributed by atoms with Crippen LogP contribution in [0.1, 0.15) is 10.5 Å². The molecule has 3 heterocycles. The van der Waals surface area contributed by atoms with E-state index >= 15 is 0 Å². The van der Waals surface area contributed by atoms with Gasteiger partial charge >= 0.3 is 0 Å². The Bertz CT molecular complexity index is 804. The fraction of sp³-hybridized carbons (Fsp3) is 0.0667. The average molecular weight is 312 g/mol. The van der Waals surface area contributed by atoms with Crippen molar-refractivity contribution in [3.8, 4) is 16.5 Å². The lowest BCUT2D eigenvalue weighted by molar-refractivity contribution is 0.0989. The molecule has 0 aliphatic rings. The maximum Gasteiger partial charge on any atom is 0.277 e. The second-order valence-electron chi connectivity index (χ2n) is 4.48. The summed E-state index contributed by atoms with van der Waals surface area (Å²) in [5.41, 5.74) is 1.36. The molecule has 0 saturated carbocycles. The minimum Gasteiger partial charge on any atom is -0.506 e. The van der Waals surface area contributed by atoms with E-state index in [0.717, 1.165) is 0 Å². The monoisotopic (exact) mass is 312 g/mol. The van der Waals surface area contributed by atoms with Crippen molar-refractivity contribution in [1.29, 1.82) is 0 Å². The standard InChI is InChI=1S/C15H12N4O2S/c1-19(10-4-2-6-16-8-10)15(21)11-9-22-14(18-11)13-12(20)5-3-7-17-13/h2-9,20H,1H3. The molecule has 110 valence electrons. The number of carbonyl (C=O) groups excluding carboxylic acids is 1. The molecule has 0 atom stereocenters. The van der Waals surface area contributed by atoms with Gasteiger partial charge in [0.05, 0.1) is 11.9 Å². The molecular formula is C15H12N4O2S. The number of pyridine rings is 2. The summed E-state index contributed by atoms with van der Waals surface area (Å²) in [7, 11) is 1.66. The maximum absolute atomic E-state index is 12.4. The van der Waals surface area contributed by atoms with Crippen molar-refractivity contribution in [2.24, 2.45) is 0 Å². The van der Waals surface area contributed by atoms with Crippen LogP contribution in [0.3, 0.4) is 0 Å². The zero-order chi connectivity index (χ0) is 15.5. The van der Waals surface area contributed by atoms with Gasteiger partial charge in [0.1, 0.15) is 22.1 Å². The Kier molecular flexibility index (Phi) is 3.80. The van der Waals surface area contributed by atoms with E-state index in [0.29, 0.717) is 22.1 Å². The first kappa shape index (κ1) is 14.2. The molecule has 3 aromatic rings. The lowest BCUT2D eigenvalue weighted by Gasteiger charge is -2.15. The minimum absolute atomic E-state index is 0.0384.